The molecule has 1 aromatic carbocycles. The van der Waals surface area contributed by atoms with Crippen molar-refractivity contribution < 1.29 is 4.79 Å². The van der Waals surface area contributed by atoms with Crippen molar-refractivity contribution >= 4 is 5.91 Å². The van der Waals surface area contributed by atoms with Crippen molar-refractivity contribution in [2.75, 3.05) is 0 Å². The Labute approximate surface area is 103 Å². The molecule has 1 unspecified atom stereocenters. The standard InChI is InChI=1S/C15H19NO/c1-10(2)14(17)16-13-9-15(3,4)12-8-6-5-7-11(12)13/h5-8,13H,1,9H2,2-4H3,(H,16,17). The maximum absolute atomic E-state index is 11.7. The van der Waals surface area contributed by atoms with Gasteiger partial charge in [0.15, 0.2) is 0 Å². The lowest BCUT2D eigenvalue weighted by molar-refractivity contribution is -0.118. The molecule has 2 heteroatoms. The largest absolute Gasteiger partial charge is 0.345 e. The predicted molar refractivity (Wildman–Crippen MR) is 69.8 cm³/mol. The van der Waals surface area contributed by atoms with Crippen molar-refractivity contribution in [3.63, 3.8) is 0 Å². The van der Waals surface area contributed by atoms with Crippen molar-refractivity contribution in [1.29, 1.82) is 0 Å². The van der Waals surface area contributed by atoms with E-state index in [1.165, 1.54) is 11.1 Å². The Morgan fingerprint density at radius 2 is 2.06 bits per heavy atom. The Balaban J connectivity index is 2.29. The summed E-state index contributed by atoms with van der Waals surface area (Å²) >= 11 is 0. The summed E-state index contributed by atoms with van der Waals surface area (Å²) in [7, 11) is 0. The first kappa shape index (κ1) is 11.9. The number of carbonyl (C=O) groups excluding carboxylic acids is 1. The number of hydrogen-bond acceptors (Lipinski definition) is 1. The molecule has 17 heavy (non-hydrogen) atoms. The highest BCUT2D eigenvalue weighted by Crippen LogP contribution is 2.44. The summed E-state index contributed by atoms with van der Waals surface area (Å²) in [5, 5.41) is 3.05. The molecule has 0 saturated heterocycles. The molecule has 1 aliphatic carbocycles. The van der Waals surface area contributed by atoms with Crippen molar-refractivity contribution in [2.45, 2.75) is 38.6 Å². The number of fused-ring (bicyclic) bond motifs is 1. The van der Waals surface area contributed by atoms with Gasteiger partial charge in [0.1, 0.15) is 0 Å². The molecule has 1 N–H and O–H groups in total. The molecule has 1 aromatic rings. The second-order valence-electron chi connectivity index (χ2n) is 5.48. The van der Waals surface area contributed by atoms with E-state index in [4.69, 9.17) is 0 Å². The van der Waals surface area contributed by atoms with E-state index in [9.17, 15) is 4.79 Å². The Hall–Kier alpha value is -1.57. The number of rotatable bonds is 2. The van der Waals surface area contributed by atoms with Crippen molar-refractivity contribution in [1.82, 2.24) is 5.32 Å². The highest BCUT2D eigenvalue weighted by Gasteiger charge is 2.36. The monoisotopic (exact) mass is 229 g/mol. The lowest BCUT2D eigenvalue weighted by Gasteiger charge is -2.19. The lowest BCUT2D eigenvalue weighted by atomic mass is 9.86. The summed E-state index contributed by atoms with van der Waals surface area (Å²) in [5.74, 6) is -0.0532. The fourth-order valence-electron chi connectivity index (χ4n) is 2.56. The van der Waals surface area contributed by atoms with Gasteiger partial charge in [-0.15, -0.1) is 0 Å². The number of hydrogen-bond donors (Lipinski definition) is 1. The van der Waals surface area contributed by atoms with E-state index in [0.717, 1.165) is 6.42 Å². The zero-order valence-electron chi connectivity index (χ0n) is 10.7. The maximum atomic E-state index is 11.7. The molecular formula is C15H19NO. The van der Waals surface area contributed by atoms with E-state index < -0.39 is 0 Å². The average molecular weight is 229 g/mol. The zero-order chi connectivity index (χ0) is 12.6. The van der Waals surface area contributed by atoms with E-state index in [1.54, 1.807) is 6.92 Å². The summed E-state index contributed by atoms with van der Waals surface area (Å²) in [5.41, 5.74) is 3.27. The van der Waals surface area contributed by atoms with E-state index in [-0.39, 0.29) is 17.4 Å². The van der Waals surface area contributed by atoms with E-state index >= 15 is 0 Å². The number of amides is 1. The second kappa shape index (κ2) is 4.02. The fraction of sp³-hybridized carbons (Fsp3) is 0.400. The van der Waals surface area contributed by atoms with Gasteiger partial charge >= 0.3 is 0 Å². The van der Waals surface area contributed by atoms with Crippen LogP contribution in [0.2, 0.25) is 0 Å². The summed E-state index contributed by atoms with van der Waals surface area (Å²) < 4.78 is 0. The predicted octanol–water partition coefficient (Wildman–Crippen LogP) is 3.10. The van der Waals surface area contributed by atoms with Crippen LogP contribution in [0.15, 0.2) is 36.4 Å². The van der Waals surface area contributed by atoms with Gasteiger partial charge in [0.05, 0.1) is 6.04 Å². The number of nitrogens with one attached hydrogen (secondary N) is 1. The number of benzene rings is 1. The summed E-state index contributed by atoms with van der Waals surface area (Å²) in [6.45, 7) is 9.86. The molecule has 1 amide bonds. The SMILES string of the molecule is C=C(C)C(=O)NC1CC(C)(C)c2ccccc21. The van der Waals surface area contributed by atoms with Crippen LogP contribution in [0, 0.1) is 0 Å². The Morgan fingerprint density at radius 3 is 2.71 bits per heavy atom. The molecule has 0 radical (unpaired) electrons. The summed E-state index contributed by atoms with van der Waals surface area (Å²) in [6, 6.07) is 8.46. The van der Waals surface area contributed by atoms with Crippen molar-refractivity contribution in [2.24, 2.45) is 0 Å². The molecule has 2 rings (SSSR count). The smallest absolute Gasteiger partial charge is 0.246 e. The average Bonchev–Trinajstić information content (AvgIpc) is 2.51. The minimum atomic E-state index is -0.0532. The fourth-order valence-corrected chi connectivity index (χ4v) is 2.56. The molecule has 0 fully saturated rings. The first-order valence-electron chi connectivity index (χ1n) is 5.97. The van der Waals surface area contributed by atoms with Gasteiger partial charge in [-0.25, -0.2) is 0 Å². The molecule has 1 atom stereocenters. The van der Waals surface area contributed by atoms with Crippen LogP contribution >= 0.6 is 0 Å². The molecule has 0 saturated carbocycles. The highest BCUT2D eigenvalue weighted by molar-refractivity contribution is 5.92. The van der Waals surface area contributed by atoms with Gasteiger partial charge in [-0.05, 0) is 29.9 Å². The van der Waals surface area contributed by atoms with Gasteiger partial charge in [-0.2, -0.15) is 0 Å². The van der Waals surface area contributed by atoms with Crippen LogP contribution < -0.4 is 5.32 Å². The Bertz CT molecular complexity index is 474. The van der Waals surface area contributed by atoms with Gasteiger partial charge in [-0.1, -0.05) is 44.7 Å². The zero-order valence-corrected chi connectivity index (χ0v) is 10.7. The molecule has 0 bridgehead atoms. The van der Waals surface area contributed by atoms with Crippen LogP contribution in [0.1, 0.15) is 44.4 Å². The molecule has 0 heterocycles. The lowest BCUT2D eigenvalue weighted by Crippen LogP contribution is -2.28. The molecule has 2 nitrogen and oxygen atoms in total. The maximum Gasteiger partial charge on any atom is 0.246 e. The van der Waals surface area contributed by atoms with E-state index in [0.29, 0.717) is 5.57 Å². The third-order valence-corrected chi connectivity index (χ3v) is 3.47. The molecule has 1 aliphatic rings. The van der Waals surface area contributed by atoms with Gasteiger partial charge in [0.2, 0.25) is 5.91 Å². The Kier molecular flexibility index (Phi) is 2.82. The van der Waals surface area contributed by atoms with E-state index in [2.05, 4.69) is 43.9 Å². The van der Waals surface area contributed by atoms with Gasteiger partial charge < -0.3 is 5.32 Å². The first-order valence-corrected chi connectivity index (χ1v) is 5.97. The van der Waals surface area contributed by atoms with Gasteiger partial charge in [0.25, 0.3) is 0 Å². The molecule has 0 aromatic heterocycles. The summed E-state index contributed by atoms with van der Waals surface area (Å²) in [6.07, 6.45) is 0.950. The molecule has 0 aliphatic heterocycles. The highest BCUT2D eigenvalue weighted by atomic mass is 16.1. The van der Waals surface area contributed by atoms with Crippen LogP contribution in [-0.4, -0.2) is 5.91 Å². The van der Waals surface area contributed by atoms with Crippen LogP contribution in [-0.2, 0) is 10.2 Å². The van der Waals surface area contributed by atoms with Crippen molar-refractivity contribution in [3.05, 3.63) is 47.5 Å². The Morgan fingerprint density at radius 1 is 1.41 bits per heavy atom. The summed E-state index contributed by atoms with van der Waals surface area (Å²) in [4.78, 5) is 11.7. The topological polar surface area (TPSA) is 29.1 Å². The first-order chi connectivity index (χ1) is 7.92. The van der Waals surface area contributed by atoms with Gasteiger partial charge in [0, 0.05) is 5.57 Å². The normalized spacial score (nSPS) is 20.8. The molecule has 90 valence electrons. The molecular weight excluding hydrogens is 210 g/mol. The third-order valence-electron chi connectivity index (χ3n) is 3.47. The second-order valence-corrected chi connectivity index (χ2v) is 5.48. The van der Waals surface area contributed by atoms with Crippen LogP contribution in [0.4, 0.5) is 0 Å². The van der Waals surface area contributed by atoms with E-state index in [1.807, 2.05) is 6.07 Å². The van der Waals surface area contributed by atoms with Crippen LogP contribution in [0.3, 0.4) is 0 Å². The quantitative estimate of drug-likeness (QED) is 0.776. The number of carbonyl (C=O) groups is 1. The third kappa shape index (κ3) is 2.12. The van der Waals surface area contributed by atoms with Crippen LogP contribution in [0.5, 0.6) is 0 Å². The van der Waals surface area contributed by atoms with Crippen LogP contribution in [0.25, 0.3) is 0 Å². The molecule has 0 spiro atoms. The van der Waals surface area contributed by atoms with Gasteiger partial charge in [-0.3, -0.25) is 4.79 Å². The minimum Gasteiger partial charge on any atom is -0.345 e. The van der Waals surface area contributed by atoms with Crippen molar-refractivity contribution in [3.8, 4) is 0 Å². The minimum absolute atomic E-state index is 0.0532.